The van der Waals surface area contributed by atoms with E-state index < -0.39 is 15.4 Å². The minimum atomic E-state index is -3.59. The van der Waals surface area contributed by atoms with Crippen LogP contribution >= 0.6 is 0 Å². The molecule has 0 spiro atoms. The first kappa shape index (κ1) is 20.8. The molecule has 3 rings (SSSR count). The molecule has 1 saturated carbocycles. The molecule has 2 fully saturated rings. The van der Waals surface area contributed by atoms with Gasteiger partial charge in [-0.2, -0.15) is 0 Å². The highest BCUT2D eigenvalue weighted by molar-refractivity contribution is 7.89. The van der Waals surface area contributed by atoms with Gasteiger partial charge in [0.2, 0.25) is 15.9 Å². The number of likely N-dealkylation sites (tertiary alicyclic amines) is 1. The number of sulfonamides is 1. The molecule has 1 aromatic rings. The Morgan fingerprint density at radius 2 is 1.68 bits per heavy atom. The Morgan fingerprint density at radius 3 is 2.25 bits per heavy atom. The van der Waals surface area contributed by atoms with E-state index in [0.29, 0.717) is 31.5 Å². The molecular formula is C20H29N3O4S. The lowest BCUT2D eigenvalue weighted by atomic mass is 9.93. The molecule has 8 heteroatoms. The third-order valence-corrected chi connectivity index (χ3v) is 6.58. The number of hydrogen-bond donors (Lipinski definition) is 2. The first-order valence-corrected chi connectivity index (χ1v) is 11.3. The van der Waals surface area contributed by atoms with E-state index in [0.717, 1.165) is 12.8 Å². The maximum Gasteiger partial charge on any atom is 0.251 e. The van der Waals surface area contributed by atoms with Crippen molar-refractivity contribution in [3.63, 3.8) is 0 Å². The van der Waals surface area contributed by atoms with E-state index >= 15 is 0 Å². The maximum atomic E-state index is 12.6. The van der Waals surface area contributed by atoms with E-state index in [2.05, 4.69) is 10.0 Å². The largest absolute Gasteiger partial charge is 0.349 e. The third kappa shape index (κ3) is 5.11. The van der Waals surface area contributed by atoms with Crippen LogP contribution in [-0.2, 0) is 14.8 Å². The van der Waals surface area contributed by atoms with Crippen LogP contribution in [0.4, 0.5) is 0 Å². The fraction of sp³-hybridized carbons (Fsp3) is 0.600. The van der Waals surface area contributed by atoms with E-state index in [-0.39, 0.29) is 28.8 Å². The number of carbonyl (C=O) groups is 2. The lowest BCUT2D eigenvalue weighted by Gasteiger charge is -2.36. The molecule has 2 aliphatic rings. The summed E-state index contributed by atoms with van der Waals surface area (Å²) in [6.07, 6.45) is 3.09. The van der Waals surface area contributed by atoms with Crippen molar-refractivity contribution < 1.29 is 18.0 Å². The molecule has 1 aliphatic carbocycles. The molecule has 0 unspecified atom stereocenters. The lowest BCUT2D eigenvalue weighted by Crippen LogP contribution is -2.49. The summed E-state index contributed by atoms with van der Waals surface area (Å²) in [5.41, 5.74) is -0.0804. The molecular weight excluding hydrogens is 378 g/mol. The Balaban J connectivity index is 1.58. The van der Waals surface area contributed by atoms with Gasteiger partial charge in [-0.25, -0.2) is 13.1 Å². The topological polar surface area (TPSA) is 95.6 Å². The maximum absolute atomic E-state index is 12.6. The summed E-state index contributed by atoms with van der Waals surface area (Å²) >= 11 is 0. The Hall–Kier alpha value is -1.93. The number of amides is 2. The van der Waals surface area contributed by atoms with Gasteiger partial charge in [0.15, 0.2) is 0 Å². The second-order valence-corrected chi connectivity index (χ2v) is 10.4. The van der Waals surface area contributed by atoms with Crippen LogP contribution in [0.25, 0.3) is 0 Å². The summed E-state index contributed by atoms with van der Waals surface area (Å²) in [4.78, 5) is 26.9. The predicted octanol–water partition coefficient (Wildman–Crippen LogP) is 1.89. The average Bonchev–Trinajstić information content (AvgIpc) is 3.44. The molecule has 28 heavy (non-hydrogen) atoms. The average molecular weight is 408 g/mol. The van der Waals surface area contributed by atoms with Crippen LogP contribution in [-0.4, -0.2) is 50.3 Å². The van der Waals surface area contributed by atoms with Crippen LogP contribution in [0.3, 0.4) is 0 Å². The molecule has 1 saturated heterocycles. The van der Waals surface area contributed by atoms with Crippen molar-refractivity contribution in [1.82, 2.24) is 14.9 Å². The molecule has 154 valence electrons. The van der Waals surface area contributed by atoms with Crippen LogP contribution in [0.5, 0.6) is 0 Å². The van der Waals surface area contributed by atoms with Gasteiger partial charge in [-0.1, -0.05) is 26.8 Å². The molecule has 2 N–H and O–H groups in total. The van der Waals surface area contributed by atoms with Crippen LogP contribution in [0.2, 0.25) is 0 Å². The third-order valence-electron chi connectivity index (χ3n) is 5.06. The second kappa shape index (κ2) is 7.83. The summed E-state index contributed by atoms with van der Waals surface area (Å²) < 4.78 is 27.3. The van der Waals surface area contributed by atoms with Gasteiger partial charge in [-0.15, -0.1) is 0 Å². The highest BCUT2D eigenvalue weighted by atomic mass is 32.2. The molecule has 0 atom stereocenters. The molecule has 1 heterocycles. The number of nitrogens with one attached hydrogen (secondary N) is 2. The van der Waals surface area contributed by atoms with Gasteiger partial charge in [0, 0.05) is 36.2 Å². The van der Waals surface area contributed by atoms with Gasteiger partial charge in [0.05, 0.1) is 4.90 Å². The zero-order valence-electron chi connectivity index (χ0n) is 16.7. The summed E-state index contributed by atoms with van der Waals surface area (Å²) in [5.74, 6) is -0.164. The molecule has 1 aromatic carbocycles. The van der Waals surface area contributed by atoms with E-state index in [9.17, 15) is 18.0 Å². The van der Waals surface area contributed by atoms with Gasteiger partial charge in [0.25, 0.3) is 5.91 Å². The smallest absolute Gasteiger partial charge is 0.251 e. The summed E-state index contributed by atoms with van der Waals surface area (Å²) in [7, 11) is -3.59. The fourth-order valence-corrected chi connectivity index (χ4v) is 4.61. The summed E-state index contributed by atoms with van der Waals surface area (Å²) in [6, 6.07) is 6.10. The minimum absolute atomic E-state index is 0.0171. The zero-order chi connectivity index (χ0) is 20.5. The van der Waals surface area contributed by atoms with Crippen molar-refractivity contribution in [2.75, 3.05) is 13.1 Å². The van der Waals surface area contributed by atoms with Crippen LogP contribution in [0.1, 0.15) is 56.8 Å². The lowest BCUT2D eigenvalue weighted by molar-refractivity contribution is -0.140. The zero-order valence-corrected chi connectivity index (χ0v) is 17.5. The van der Waals surface area contributed by atoms with Crippen molar-refractivity contribution in [2.45, 2.75) is 63.4 Å². The van der Waals surface area contributed by atoms with Gasteiger partial charge < -0.3 is 10.2 Å². The van der Waals surface area contributed by atoms with Crippen molar-refractivity contribution in [1.29, 1.82) is 0 Å². The van der Waals surface area contributed by atoms with E-state index in [1.54, 1.807) is 12.1 Å². The van der Waals surface area contributed by atoms with Crippen LogP contribution in [0, 0.1) is 5.41 Å². The highest BCUT2D eigenvalue weighted by Crippen LogP contribution is 2.23. The van der Waals surface area contributed by atoms with Crippen molar-refractivity contribution in [3.8, 4) is 0 Å². The Labute approximate surface area is 166 Å². The standard InChI is InChI=1S/C20H29N3O4S/c1-20(2,3)19(25)23-11-9-15(10-12-23)21-18(24)14-5-4-6-17(13-14)28(26,27)22-16-7-8-16/h4-6,13,15-16,22H,7-12H2,1-3H3,(H,21,24). The van der Waals surface area contributed by atoms with Gasteiger partial charge >= 0.3 is 0 Å². The first-order valence-electron chi connectivity index (χ1n) is 9.79. The Morgan fingerprint density at radius 1 is 1.04 bits per heavy atom. The Kier molecular flexibility index (Phi) is 5.82. The summed E-state index contributed by atoms with van der Waals surface area (Å²) in [6.45, 7) is 6.94. The normalized spacial score (nSPS) is 18.8. The SMILES string of the molecule is CC(C)(C)C(=O)N1CCC(NC(=O)c2cccc(S(=O)(=O)NC3CC3)c2)CC1. The van der Waals surface area contributed by atoms with E-state index in [4.69, 9.17) is 0 Å². The molecule has 7 nitrogen and oxygen atoms in total. The minimum Gasteiger partial charge on any atom is -0.349 e. The second-order valence-electron chi connectivity index (χ2n) is 8.71. The van der Waals surface area contributed by atoms with Crippen LogP contribution in [0.15, 0.2) is 29.2 Å². The molecule has 1 aliphatic heterocycles. The van der Waals surface area contributed by atoms with Crippen molar-refractivity contribution in [3.05, 3.63) is 29.8 Å². The van der Waals surface area contributed by atoms with Gasteiger partial charge in [-0.3, -0.25) is 9.59 Å². The number of carbonyl (C=O) groups excluding carboxylic acids is 2. The summed E-state index contributed by atoms with van der Waals surface area (Å²) in [5, 5.41) is 2.97. The number of hydrogen-bond acceptors (Lipinski definition) is 4. The quantitative estimate of drug-likeness (QED) is 0.779. The number of rotatable bonds is 5. The number of nitrogens with zero attached hydrogens (tertiary/aromatic N) is 1. The van der Waals surface area contributed by atoms with Gasteiger partial charge in [0.1, 0.15) is 0 Å². The number of piperidine rings is 1. The van der Waals surface area contributed by atoms with Gasteiger partial charge in [-0.05, 0) is 43.9 Å². The monoisotopic (exact) mass is 407 g/mol. The first-order chi connectivity index (χ1) is 13.1. The fourth-order valence-electron chi connectivity index (χ4n) is 3.26. The molecule has 0 aromatic heterocycles. The Bertz CT molecular complexity index is 848. The number of benzene rings is 1. The molecule has 0 bridgehead atoms. The van der Waals surface area contributed by atoms with E-state index in [1.807, 2.05) is 25.7 Å². The highest BCUT2D eigenvalue weighted by Gasteiger charge is 2.31. The van der Waals surface area contributed by atoms with Crippen molar-refractivity contribution in [2.24, 2.45) is 5.41 Å². The predicted molar refractivity (Wildman–Crippen MR) is 106 cm³/mol. The van der Waals surface area contributed by atoms with Crippen molar-refractivity contribution >= 4 is 21.8 Å². The molecule has 2 amide bonds. The van der Waals surface area contributed by atoms with E-state index in [1.165, 1.54) is 12.1 Å². The van der Waals surface area contributed by atoms with Crippen LogP contribution < -0.4 is 10.0 Å². The molecule has 0 radical (unpaired) electrons.